The van der Waals surface area contributed by atoms with E-state index in [1.807, 2.05) is 49.4 Å². The molecule has 0 spiro atoms. The van der Waals surface area contributed by atoms with Crippen molar-refractivity contribution in [3.8, 4) is 5.75 Å². The summed E-state index contributed by atoms with van der Waals surface area (Å²) in [7, 11) is 0. The van der Waals surface area contributed by atoms with E-state index >= 15 is 0 Å². The van der Waals surface area contributed by atoms with Crippen molar-refractivity contribution in [3.05, 3.63) is 108 Å². The molecule has 0 bridgehead atoms. The van der Waals surface area contributed by atoms with Gasteiger partial charge in [-0.1, -0.05) is 54.6 Å². The van der Waals surface area contributed by atoms with E-state index in [4.69, 9.17) is 5.73 Å². The summed E-state index contributed by atoms with van der Waals surface area (Å²) in [4.78, 5) is 43.9. The van der Waals surface area contributed by atoms with Crippen LogP contribution in [0.4, 0.5) is 5.69 Å². The molecule has 1 aliphatic heterocycles. The Hall–Kier alpha value is -4.28. The zero-order valence-corrected chi connectivity index (χ0v) is 24.5. The largest absolute Gasteiger partial charge is 0.508 e. The molecule has 4 rings (SSSR count). The van der Waals surface area contributed by atoms with Crippen molar-refractivity contribution in [3.63, 3.8) is 0 Å². The van der Waals surface area contributed by atoms with Gasteiger partial charge >= 0.3 is 0 Å². The van der Waals surface area contributed by atoms with Crippen LogP contribution in [0.1, 0.15) is 34.0 Å². The lowest BCUT2D eigenvalue weighted by Crippen LogP contribution is -2.56. The van der Waals surface area contributed by atoms with Crippen LogP contribution in [0.3, 0.4) is 0 Å². The van der Waals surface area contributed by atoms with Crippen LogP contribution < -0.4 is 11.1 Å². The molecule has 0 aromatic heterocycles. The maximum Gasteiger partial charge on any atom is 0.255 e. The number of nitrogens with two attached hydrogens (primary N) is 1. The second-order valence-electron chi connectivity index (χ2n) is 10.3. The molecule has 0 aliphatic carbocycles. The molecule has 5 N–H and O–H groups in total. The fraction of sp³-hybridized carbons (Fsp3) is 0.281. The third kappa shape index (κ3) is 6.95. The summed E-state index contributed by atoms with van der Waals surface area (Å²) < 4.78 is 0. The van der Waals surface area contributed by atoms with Gasteiger partial charge in [0.25, 0.3) is 17.7 Å². The van der Waals surface area contributed by atoms with Crippen LogP contribution in [0.15, 0.2) is 85.5 Å². The minimum Gasteiger partial charge on any atom is -0.508 e. The number of phenolic OH excluding ortho intramolecular Hbond substituents is 1. The normalized spacial score (nSPS) is 18.6. The monoisotopic (exact) mass is 588 g/mol. The van der Waals surface area contributed by atoms with Crippen molar-refractivity contribution in [1.29, 1.82) is 0 Å². The molecule has 1 unspecified atom stereocenters. The summed E-state index contributed by atoms with van der Waals surface area (Å²) in [6.07, 6.45) is -0.103. The number of benzene rings is 3. The molecule has 1 heterocycles. The number of carbonyl (C=O) groups is 3. The Morgan fingerprint density at radius 3 is 2.45 bits per heavy atom. The summed E-state index contributed by atoms with van der Waals surface area (Å²) in [5, 5.41) is 24.1. The molecule has 10 heteroatoms. The molecule has 3 aromatic carbocycles. The Morgan fingerprint density at radius 2 is 1.79 bits per heavy atom. The quantitative estimate of drug-likeness (QED) is 0.222. The summed E-state index contributed by atoms with van der Waals surface area (Å²) >= 11 is 1.39. The highest BCUT2D eigenvalue weighted by atomic mass is 32.2. The maximum atomic E-state index is 13.9. The zero-order valence-electron chi connectivity index (χ0n) is 23.6. The molecule has 9 nitrogen and oxygen atoms in total. The van der Waals surface area contributed by atoms with Gasteiger partial charge in [-0.05, 0) is 55.7 Å². The van der Waals surface area contributed by atoms with Crippen LogP contribution in [0.25, 0.3) is 0 Å². The SMILES string of the molecule is C=C[C@H]1C(=O)N(Cc2ccc(N)cc2)C(C)SCN1C(=O)[C@@H](O)[C@H](Cc1ccccc1)NC(=O)c1cccc(O)c1C. The van der Waals surface area contributed by atoms with Crippen LogP contribution in [-0.2, 0) is 22.6 Å². The first-order chi connectivity index (χ1) is 20.1. The average Bonchev–Trinajstić information content (AvgIpc) is 3.10. The highest BCUT2D eigenvalue weighted by Crippen LogP contribution is 2.28. The van der Waals surface area contributed by atoms with Crippen molar-refractivity contribution in [1.82, 2.24) is 15.1 Å². The first-order valence-corrected chi connectivity index (χ1v) is 14.7. The Kier molecular flexibility index (Phi) is 9.92. The Labute approximate surface area is 250 Å². The number of anilines is 1. The number of hydrogen-bond donors (Lipinski definition) is 4. The van der Waals surface area contributed by atoms with Crippen molar-refractivity contribution in [2.24, 2.45) is 0 Å². The average molecular weight is 589 g/mol. The summed E-state index contributed by atoms with van der Waals surface area (Å²) in [6, 6.07) is 19.0. The Morgan fingerprint density at radius 1 is 1.10 bits per heavy atom. The number of rotatable bonds is 9. The van der Waals surface area contributed by atoms with Gasteiger partial charge in [0.2, 0.25) is 0 Å². The second-order valence-corrected chi connectivity index (χ2v) is 11.5. The van der Waals surface area contributed by atoms with Crippen molar-refractivity contribution in [2.75, 3.05) is 11.6 Å². The number of thioether (sulfide) groups is 1. The minimum absolute atomic E-state index is 0.0366. The standard InChI is InChI=1S/C32H36N4O5S/c1-4-27-31(40)35(18-23-13-15-24(33)16-14-23)21(3)42-19-36(27)32(41)29(38)26(17-22-9-6-5-7-10-22)34-30(39)25-11-8-12-28(37)20(25)2/h4-16,21,26-27,29,37-38H,1,17-19,33H2,2-3H3,(H,34,39)/t21?,26-,27-,29-/m0/s1. The summed E-state index contributed by atoms with van der Waals surface area (Å²) in [5.74, 6) is -1.46. The zero-order chi connectivity index (χ0) is 30.4. The predicted molar refractivity (Wildman–Crippen MR) is 164 cm³/mol. The van der Waals surface area contributed by atoms with Crippen LogP contribution in [0.2, 0.25) is 0 Å². The fourth-order valence-electron chi connectivity index (χ4n) is 4.86. The van der Waals surface area contributed by atoms with E-state index in [2.05, 4.69) is 11.9 Å². The van der Waals surface area contributed by atoms with Crippen LogP contribution in [0.5, 0.6) is 5.75 Å². The molecule has 1 saturated heterocycles. The number of aliphatic hydroxyl groups excluding tert-OH is 1. The number of nitrogen functional groups attached to an aromatic ring is 1. The molecule has 3 aromatic rings. The highest BCUT2D eigenvalue weighted by molar-refractivity contribution is 7.99. The predicted octanol–water partition coefficient (Wildman–Crippen LogP) is 3.45. The second kappa shape index (κ2) is 13.6. The smallest absolute Gasteiger partial charge is 0.255 e. The van der Waals surface area contributed by atoms with Gasteiger partial charge in [0.15, 0.2) is 6.10 Å². The van der Waals surface area contributed by atoms with Crippen molar-refractivity contribution in [2.45, 2.75) is 50.4 Å². The number of aliphatic hydroxyl groups is 1. The van der Waals surface area contributed by atoms with E-state index in [1.54, 1.807) is 36.1 Å². The maximum absolute atomic E-state index is 13.9. The molecule has 4 atom stereocenters. The first kappa shape index (κ1) is 30.7. The van der Waals surface area contributed by atoms with Crippen LogP contribution >= 0.6 is 11.8 Å². The lowest BCUT2D eigenvalue weighted by atomic mass is 9.98. The molecule has 3 amide bonds. The number of phenols is 1. The summed E-state index contributed by atoms with van der Waals surface area (Å²) in [5.41, 5.74) is 8.72. The molecule has 0 radical (unpaired) electrons. The number of hydrogen-bond acceptors (Lipinski definition) is 7. The number of carbonyl (C=O) groups excluding carboxylic acids is 3. The molecule has 220 valence electrons. The number of nitrogens with zero attached hydrogens (tertiary/aromatic N) is 2. The lowest BCUT2D eigenvalue weighted by Gasteiger charge is -2.32. The molecular weight excluding hydrogens is 552 g/mol. The van der Waals surface area contributed by atoms with Gasteiger partial charge in [0.05, 0.1) is 17.3 Å². The van der Waals surface area contributed by atoms with Crippen molar-refractivity contribution < 1.29 is 24.6 Å². The number of amides is 3. The van der Waals surface area contributed by atoms with Gasteiger partial charge < -0.3 is 31.1 Å². The minimum atomic E-state index is -1.67. The molecule has 1 aliphatic rings. The van der Waals surface area contributed by atoms with Gasteiger partial charge in [-0.3, -0.25) is 14.4 Å². The van der Waals surface area contributed by atoms with Gasteiger partial charge in [-0.2, -0.15) is 0 Å². The molecular formula is C32H36N4O5S. The van der Waals surface area contributed by atoms with E-state index in [0.29, 0.717) is 17.8 Å². The lowest BCUT2D eigenvalue weighted by molar-refractivity contribution is -0.148. The van der Waals surface area contributed by atoms with Gasteiger partial charge in [0.1, 0.15) is 11.8 Å². The Balaban J connectivity index is 1.59. The topological polar surface area (TPSA) is 136 Å². The van der Waals surface area contributed by atoms with E-state index in [0.717, 1.165) is 11.1 Å². The van der Waals surface area contributed by atoms with E-state index in [1.165, 1.54) is 28.8 Å². The van der Waals surface area contributed by atoms with Crippen LogP contribution in [-0.4, -0.2) is 67.2 Å². The van der Waals surface area contributed by atoms with Gasteiger partial charge in [-0.15, -0.1) is 18.3 Å². The van der Waals surface area contributed by atoms with Gasteiger partial charge in [-0.25, -0.2) is 0 Å². The number of aromatic hydroxyl groups is 1. The highest BCUT2D eigenvalue weighted by Gasteiger charge is 2.41. The van der Waals surface area contributed by atoms with E-state index < -0.39 is 30.0 Å². The molecule has 0 saturated carbocycles. The number of nitrogens with one attached hydrogen (secondary N) is 1. The summed E-state index contributed by atoms with van der Waals surface area (Å²) in [6.45, 7) is 7.65. The Bertz CT molecular complexity index is 1430. The molecule has 1 fully saturated rings. The van der Waals surface area contributed by atoms with Gasteiger partial charge in [0, 0.05) is 23.4 Å². The van der Waals surface area contributed by atoms with E-state index in [-0.39, 0.29) is 34.9 Å². The van der Waals surface area contributed by atoms with Crippen LogP contribution in [0, 0.1) is 6.92 Å². The third-order valence-corrected chi connectivity index (χ3v) is 8.57. The molecule has 42 heavy (non-hydrogen) atoms. The fourth-order valence-corrected chi connectivity index (χ4v) is 5.89. The van der Waals surface area contributed by atoms with Crippen molar-refractivity contribution >= 4 is 35.2 Å². The van der Waals surface area contributed by atoms with E-state index in [9.17, 15) is 24.6 Å². The third-order valence-electron chi connectivity index (χ3n) is 7.40. The first-order valence-electron chi connectivity index (χ1n) is 13.6.